The fraction of sp³-hybridized carbons (Fsp3) is 0.571. The maximum atomic E-state index is 13.7. The number of aromatic nitrogens is 4. The minimum atomic E-state index is -0.660. The molecular formula is C28H38N8O3. The molecule has 3 aliphatic carbocycles. The summed E-state index contributed by atoms with van der Waals surface area (Å²) in [6, 6.07) is 1.05. The van der Waals surface area contributed by atoms with Crippen LogP contribution in [0.4, 0.5) is 5.69 Å². The van der Waals surface area contributed by atoms with Crippen molar-refractivity contribution in [2.75, 3.05) is 12.4 Å². The number of carbonyl (C=O) groups is 2. The highest BCUT2D eigenvalue weighted by Crippen LogP contribution is 2.51. The summed E-state index contributed by atoms with van der Waals surface area (Å²) in [6.07, 6.45) is 12.9. The zero-order valence-electron chi connectivity index (χ0n) is 22.8. The minimum Gasteiger partial charge on any atom is -0.481 e. The van der Waals surface area contributed by atoms with Crippen LogP contribution in [0.5, 0.6) is 0 Å². The van der Waals surface area contributed by atoms with Gasteiger partial charge in [-0.2, -0.15) is 10.2 Å². The van der Waals surface area contributed by atoms with Gasteiger partial charge in [0.15, 0.2) is 0 Å². The average Bonchev–Trinajstić information content (AvgIpc) is 3.81. The number of methoxy groups -OCH3 is 1. The molecule has 0 spiro atoms. The smallest absolute Gasteiger partial charge is 0.270 e. The number of rotatable bonds is 13. The minimum absolute atomic E-state index is 0.0124. The Hall–Kier alpha value is -3.76. The van der Waals surface area contributed by atoms with Gasteiger partial charge in [-0.15, -0.1) is 0 Å². The molecule has 11 nitrogen and oxygen atoms in total. The largest absolute Gasteiger partial charge is 0.481 e. The summed E-state index contributed by atoms with van der Waals surface area (Å²) >= 11 is 0. The fourth-order valence-electron chi connectivity index (χ4n) is 5.27. The van der Waals surface area contributed by atoms with E-state index in [0.717, 1.165) is 38.5 Å². The molecule has 0 aliphatic heterocycles. The summed E-state index contributed by atoms with van der Waals surface area (Å²) < 4.78 is 8.41. The van der Waals surface area contributed by atoms with Gasteiger partial charge in [0.05, 0.1) is 25.5 Å². The van der Waals surface area contributed by atoms with E-state index in [1.54, 1.807) is 40.1 Å². The van der Waals surface area contributed by atoms with Gasteiger partial charge in [0.1, 0.15) is 11.7 Å². The molecule has 1 atom stereocenters. The molecule has 5 rings (SSSR count). The molecule has 208 valence electrons. The second kappa shape index (κ2) is 11.2. The van der Waals surface area contributed by atoms with Crippen LogP contribution >= 0.6 is 0 Å². The third kappa shape index (κ3) is 6.46. The number of nitrogens with one attached hydrogen (secondary N) is 4. The van der Waals surface area contributed by atoms with Gasteiger partial charge < -0.3 is 20.8 Å². The van der Waals surface area contributed by atoms with Crippen LogP contribution in [-0.2, 0) is 16.1 Å². The van der Waals surface area contributed by atoms with Crippen molar-refractivity contribution >= 4 is 29.1 Å². The van der Waals surface area contributed by atoms with Crippen molar-refractivity contribution in [1.82, 2.24) is 24.9 Å². The van der Waals surface area contributed by atoms with E-state index in [2.05, 4.69) is 20.8 Å². The van der Waals surface area contributed by atoms with Crippen LogP contribution in [0.1, 0.15) is 68.9 Å². The Labute approximate surface area is 228 Å². The average molecular weight is 535 g/mol. The lowest BCUT2D eigenvalue weighted by atomic mass is 9.88. The number of nitrogens with zero attached hydrogens (tertiary/aromatic N) is 4. The normalized spacial score (nSPS) is 18.2. The quantitative estimate of drug-likeness (QED) is 0.228. The van der Waals surface area contributed by atoms with E-state index in [1.165, 1.54) is 7.11 Å². The van der Waals surface area contributed by atoms with Crippen molar-refractivity contribution in [3.8, 4) is 0 Å². The van der Waals surface area contributed by atoms with Crippen molar-refractivity contribution in [1.29, 1.82) is 10.8 Å². The summed E-state index contributed by atoms with van der Waals surface area (Å²) in [7, 11) is 1.43. The molecular weight excluding hydrogens is 496 g/mol. The third-order valence-electron chi connectivity index (χ3n) is 7.75. The second-order valence-corrected chi connectivity index (χ2v) is 11.3. The van der Waals surface area contributed by atoms with Crippen LogP contribution in [0.25, 0.3) is 0 Å². The molecule has 39 heavy (non-hydrogen) atoms. The molecule has 2 heterocycles. The lowest BCUT2D eigenvalue weighted by molar-refractivity contribution is -0.119. The predicted octanol–water partition coefficient (Wildman–Crippen LogP) is 3.81. The molecule has 3 aliphatic rings. The van der Waals surface area contributed by atoms with Gasteiger partial charge in [-0.05, 0) is 82.3 Å². The first-order valence-corrected chi connectivity index (χ1v) is 13.8. The van der Waals surface area contributed by atoms with E-state index in [9.17, 15) is 9.59 Å². The van der Waals surface area contributed by atoms with E-state index in [-0.39, 0.29) is 42.1 Å². The molecule has 2 amide bonds. The predicted molar refractivity (Wildman–Crippen MR) is 147 cm³/mol. The SMILES string of the molecule is COC(=N)/C(=C\C(=N)C1CC1)Cn1cc(NC(=O)C(NC(=O)c2ccnn2C(C)C)C(C2CC2)C2CC2)cn1. The van der Waals surface area contributed by atoms with Crippen molar-refractivity contribution in [3.05, 3.63) is 42.0 Å². The van der Waals surface area contributed by atoms with Crippen LogP contribution in [0.2, 0.25) is 0 Å². The van der Waals surface area contributed by atoms with Crippen molar-refractivity contribution < 1.29 is 14.3 Å². The zero-order chi connectivity index (χ0) is 27.7. The monoisotopic (exact) mass is 534 g/mol. The lowest BCUT2D eigenvalue weighted by Crippen LogP contribution is -2.50. The molecule has 2 aromatic heterocycles. The van der Waals surface area contributed by atoms with Crippen LogP contribution in [0.15, 0.2) is 36.3 Å². The molecule has 1 unspecified atom stereocenters. The summed E-state index contributed by atoms with van der Waals surface area (Å²) in [4.78, 5) is 27.0. The molecule has 2 aromatic rings. The van der Waals surface area contributed by atoms with Gasteiger partial charge in [-0.3, -0.25) is 24.4 Å². The highest BCUT2D eigenvalue weighted by atomic mass is 16.5. The Morgan fingerprint density at radius 2 is 1.82 bits per heavy atom. The highest BCUT2D eigenvalue weighted by molar-refractivity contribution is 6.03. The molecule has 11 heteroatoms. The number of carbonyl (C=O) groups excluding carboxylic acids is 2. The fourth-order valence-corrected chi connectivity index (χ4v) is 5.27. The highest BCUT2D eigenvalue weighted by Gasteiger charge is 2.48. The van der Waals surface area contributed by atoms with E-state index in [4.69, 9.17) is 15.6 Å². The van der Waals surface area contributed by atoms with Gasteiger partial charge in [-0.25, -0.2) is 0 Å². The first-order chi connectivity index (χ1) is 18.7. The lowest BCUT2D eigenvalue weighted by Gasteiger charge is -2.27. The first kappa shape index (κ1) is 26.8. The van der Waals surface area contributed by atoms with Gasteiger partial charge in [0.2, 0.25) is 11.8 Å². The summed E-state index contributed by atoms with van der Waals surface area (Å²) in [5.74, 6) is 0.690. The van der Waals surface area contributed by atoms with Gasteiger partial charge in [0, 0.05) is 35.6 Å². The Balaban J connectivity index is 1.31. The Kier molecular flexibility index (Phi) is 7.67. The molecule has 0 radical (unpaired) electrons. The van der Waals surface area contributed by atoms with Crippen molar-refractivity contribution in [3.63, 3.8) is 0 Å². The van der Waals surface area contributed by atoms with Crippen LogP contribution < -0.4 is 10.6 Å². The second-order valence-electron chi connectivity index (χ2n) is 11.3. The number of hydrogen-bond acceptors (Lipinski definition) is 7. The molecule has 3 saturated carbocycles. The number of anilines is 1. The Bertz CT molecular complexity index is 1270. The maximum absolute atomic E-state index is 13.7. The summed E-state index contributed by atoms with van der Waals surface area (Å²) in [6.45, 7) is 4.17. The molecule has 0 aromatic carbocycles. The number of ether oxygens (including phenoxy) is 1. The zero-order valence-corrected chi connectivity index (χ0v) is 22.8. The van der Waals surface area contributed by atoms with E-state index >= 15 is 0 Å². The van der Waals surface area contributed by atoms with Crippen molar-refractivity contribution in [2.45, 2.75) is 71.0 Å². The van der Waals surface area contributed by atoms with Crippen LogP contribution in [0.3, 0.4) is 0 Å². The Morgan fingerprint density at radius 3 is 2.41 bits per heavy atom. The summed E-state index contributed by atoms with van der Waals surface area (Å²) in [5.41, 5.74) is 2.00. The van der Waals surface area contributed by atoms with Crippen molar-refractivity contribution in [2.24, 2.45) is 23.7 Å². The topological polar surface area (TPSA) is 151 Å². The van der Waals surface area contributed by atoms with E-state index in [1.807, 2.05) is 13.8 Å². The number of allylic oxidation sites excluding steroid dienone is 1. The third-order valence-corrected chi connectivity index (χ3v) is 7.75. The Morgan fingerprint density at radius 1 is 1.13 bits per heavy atom. The number of hydrogen-bond donors (Lipinski definition) is 4. The molecule has 0 saturated heterocycles. The van der Waals surface area contributed by atoms with Gasteiger partial charge >= 0.3 is 0 Å². The van der Waals surface area contributed by atoms with Gasteiger partial charge in [0.25, 0.3) is 5.91 Å². The van der Waals surface area contributed by atoms with Gasteiger partial charge in [-0.1, -0.05) is 0 Å². The molecule has 3 fully saturated rings. The standard InChI is InChI=1S/C28H38N8O3/c1-16(2)36-23(10-11-31-36)27(37)34-25(24(18-6-7-18)19-8-9-19)28(38)33-21-13-32-35(15-21)14-20(26(30)39-3)12-22(29)17-4-5-17/h10-13,15-19,24-25,29-30H,4-9,14H2,1-3H3,(H,33,38)(H,34,37)/b20-12-,29-22?,30-26?. The number of amides is 2. The van der Waals surface area contributed by atoms with Crippen LogP contribution in [-0.4, -0.2) is 56.1 Å². The van der Waals surface area contributed by atoms with Crippen LogP contribution in [0, 0.1) is 34.5 Å². The first-order valence-electron chi connectivity index (χ1n) is 13.8. The molecule has 0 bridgehead atoms. The summed E-state index contributed by atoms with van der Waals surface area (Å²) in [5, 5.41) is 31.0. The maximum Gasteiger partial charge on any atom is 0.270 e. The van der Waals surface area contributed by atoms with E-state index in [0.29, 0.717) is 34.5 Å². The molecule has 4 N–H and O–H groups in total. The van der Waals surface area contributed by atoms with E-state index < -0.39 is 6.04 Å².